The number of aromatic nitrogens is 3. The van der Waals surface area contributed by atoms with E-state index in [-0.39, 0.29) is 0 Å². The predicted molar refractivity (Wildman–Crippen MR) is 82.2 cm³/mol. The minimum atomic E-state index is 0.419. The highest BCUT2D eigenvalue weighted by molar-refractivity contribution is 9.10. The SMILES string of the molecule is S=c1[nH]nc(-c2cccc(Br)c2)n1/N=C\c1ccco1. The second-order valence-electron chi connectivity index (χ2n) is 3.93. The number of rotatable bonds is 3. The quantitative estimate of drug-likeness (QED) is 0.577. The van der Waals surface area contributed by atoms with Crippen molar-refractivity contribution < 1.29 is 4.42 Å². The van der Waals surface area contributed by atoms with Crippen LogP contribution in [0.5, 0.6) is 0 Å². The fourth-order valence-corrected chi connectivity index (χ4v) is 2.27. The highest BCUT2D eigenvalue weighted by Gasteiger charge is 2.08. The molecule has 2 aromatic heterocycles. The van der Waals surface area contributed by atoms with Gasteiger partial charge in [-0.3, -0.25) is 0 Å². The maximum absolute atomic E-state index is 5.20. The van der Waals surface area contributed by atoms with Gasteiger partial charge in [0.2, 0.25) is 4.77 Å². The van der Waals surface area contributed by atoms with E-state index < -0.39 is 0 Å². The van der Waals surface area contributed by atoms with Crippen LogP contribution >= 0.6 is 28.1 Å². The molecule has 0 atom stereocenters. The van der Waals surface area contributed by atoms with Crippen molar-refractivity contribution in [3.05, 3.63) is 57.7 Å². The van der Waals surface area contributed by atoms with Gasteiger partial charge in [-0.1, -0.05) is 28.1 Å². The van der Waals surface area contributed by atoms with Crippen LogP contribution in [-0.2, 0) is 0 Å². The summed E-state index contributed by atoms with van der Waals surface area (Å²) in [6.07, 6.45) is 3.18. The van der Waals surface area contributed by atoms with Gasteiger partial charge in [-0.25, -0.2) is 5.10 Å². The number of H-pyrrole nitrogens is 1. The van der Waals surface area contributed by atoms with Gasteiger partial charge in [0.1, 0.15) is 5.76 Å². The van der Waals surface area contributed by atoms with E-state index in [9.17, 15) is 0 Å². The summed E-state index contributed by atoms with van der Waals surface area (Å²) in [5.74, 6) is 1.28. The van der Waals surface area contributed by atoms with Gasteiger partial charge in [0.15, 0.2) is 5.82 Å². The van der Waals surface area contributed by atoms with E-state index in [4.69, 9.17) is 16.6 Å². The number of nitrogens with zero attached hydrogens (tertiary/aromatic N) is 3. The number of benzene rings is 1. The van der Waals surface area contributed by atoms with E-state index in [2.05, 4.69) is 31.2 Å². The third-order valence-electron chi connectivity index (χ3n) is 2.58. The zero-order valence-electron chi connectivity index (χ0n) is 10.2. The molecule has 0 radical (unpaired) electrons. The lowest BCUT2D eigenvalue weighted by molar-refractivity contribution is 0.559. The Balaban J connectivity index is 2.04. The van der Waals surface area contributed by atoms with Gasteiger partial charge in [-0.2, -0.15) is 14.9 Å². The lowest BCUT2D eigenvalue weighted by atomic mass is 10.2. The Bertz CT molecular complexity index is 804. The highest BCUT2D eigenvalue weighted by atomic mass is 79.9. The van der Waals surface area contributed by atoms with E-state index >= 15 is 0 Å². The van der Waals surface area contributed by atoms with Crippen LogP contribution < -0.4 is 0 Å². The van der Waals surface area contributed by atoms with Crippen LogP contribution in [0.25, 0.3) is 11.4 Å². The molecule has 0 aliphatic heterocycles. The summed E-state index contributed by atoms with van der Waals surface area (Å²) in [7, 11) is 0. The van der Waals surface area contributed by atoms with Crippen molar-refractivity contribution in [2.45, 2.75) is 0 Å². The molecule has 0 saturated heterocycles. The zero-order chi connectivity index (χ0) is 13.9. The molecule has 0 unspecified atom stereocenters. The summed E-state index contributed by atoms with van der Waals surface area (Å²) in [4.78, 5) is 0. The zero-order valence-corrected chi connectivity index (χ0v) is 12.6. The molecule has 3 rings (SSSR count). The van der Waals surface area contributed by atoms with Crippen LogP contribution in [0.15, 0.2) is 56.7 Å². The number of halogens is 1. The van der Waals surface area contributed by atoms with Gasteiger partial charge < -0.3 is 4.42 Å². The molecule has 0 saturated carbocycles. The summed E-state index contributed by atoms with van der Waals surface area (Å²) in [6.45, 7) is 0. The van der Waals surface area contributed by atoms with Gasteiger partial charge in [0.25, 0.3) is 0 Å². The first-order valence-corrected chi connectivity index (χ1v) is 6.95. The molecule has 20 heavy (non-hydrogen) atoms. The standard InChI is InChI=1S/C13H9BrN4OS/c14-10-4-1-3-9(7-10)12-16-17-13(20)18(12)15-8-11-5-2-6-19-11/h1-8H,(H,17,20)/b15-8-. The molecule has 3 aromatic rings. The number of aromatic amines is 1. The number of hydrogen-bond donors (Lipinski definition) is 1. The predicted octanol–water partition coefficient (Wildman–Crippen LogP) is 3.85. The van der Waals surface area contributed by atoms with E-state index in [0.717, 1.165) is 10.0 Å². The maximum Gasteiger partial charge on any atom is 0.216 e. The van der Waals surface area contributed by atoms with Crippen molar-refractivity contribution in [1.29, 1.82) is 0 Å². The average molecular weight is 349 g/mol. The Morgan fingerprint density at radius 1 is 1.35 bits per heavy atom. The summed E-state index contributed by atoms with van der Waals surface area (Å²) in [5.41, 5.74) is 0.906. The number of nitrogens with one attached hydrogen (secondary N) is 1. The van der Waals surface area contributed by atoms with E-state index in [1.807, 2.05) is 30.3 Å². The van der Waals surface area contributed by atoms with Crippen molar-refractivity contribution in [1.82, 2.24) is 14.9 Å². The topological polar surface area (TPSA) is 59.1 Å². The molecular weight excluding hydrogens is 340 g/mol. The Hall–Kier alpha value is -1.99. The summed E-state index contributed by atoms with van der Waals surface area (Å²) in [6, 6.07) is 11.4. The smallest absolute Gasteiger partial charge is 0.216 e. The average Bonchev–Trinajstić information content (AvgIpc) is 3.06. The molecule has 2 heterocycles. The van der Waals surface area contributed by atoms with Crippen molar-refractivity contribution >= 4 is 34.4 Å². The maximum atomic E-state index is 5.20. The van der Waals surface area contributed by atoms with Gasteiger partial charge >= 0.3 is 0 Å². The lowest BCUT2D eigenvalue weighted by Gasteiger charge is -2.01. The van der Waals surface area contributed by atoms with Gasteiger partial charge in [0.05, 0.1) is 12.5 Å². The molecule has 100 valence electrons. The second-order valence-corrected chi connectivity index (χ2v) is 5.24. The minimum absolute atomic E-state index is 0.419. The van der Waals surface area contributed by atoms with E-state index in [1.54, 1.807) is 23.2 Å². The molecule has 0 aliphatic carbocycles. The van der Waals surface area contributed by atoms with Crippen LogP contribution in [0, 0.1) is 4.77 Å². The molecule has 7 heteroatoms. The third-order valence-corrected chi connectivity index (χ3v) is 3.33. The monoisotopic (exact) mass is 348 g/mol. The Morgan fingerprint density at radius 3 is 3.00 bits per heavy atom. The molecule has 1 N–H and O–H groups in total. The van der Waals surface area contributed by atoms with Crippen LogP contribution in [0.1, 0.15) is 5.76 Å². The van der Waals surface area contributed by atoms with E-state index in [0.29, 0.717) is 16.4 Å². The minimum Gasteiger partial charge on any atom is -0.463 e. The first kappa shape index (κ1) is 13.0. The first-order chi connectivity index (χ1) is 9.74. The van der Waals surface area contributed by atoms with Crippen LogP contribution in [-0.4, -0.2) is 21.1 Å². The van der Waals surface area contributed by atoms with Crippen molar-refractivity contribution in [2.24, 2.45) is 5.10 Å². The fourth-order valence-electron chi connectivity index (χ4n) is 1.69. The van der Waals surface area contributed by atoms with Crippen molar-refractivity contribution in [3.8, 4) is 11.4 Å². The van der Waals surface area contributed by atoms with Crippen LogP contribution in [0.2, 0.25) is 0 Å². The molecule has 0 bridgehead atoms. The van der Waals surface area contributed by atoms with Crippen LogP contribution in [0.3, 0.4) is 0 Å². The molecule has 0 spiro atoms. The van der Waals surface area contributed by atoms with Gasteiger partial charge in [0, 0.05) is 10.0 Å². The summed E-state index contributed by atoms with van der Waals surface area (Å²) >= 11 is 8.62. The van der Waals surface area contributed by atoms with E-state index in [1.165, 1.54) is 0 Å². The number of furan rings is 1. The Morgan fingerprint density at radius 2 is 2.25 bits per heavy atom. The Labute approximate surface area is 128 Å². The number of hydrogen-bond acceptors (Lipinski definition) is 4. The normalized spacial score (nSPS) is 11.2. The third kappa shape index (κ3) is 2.63. The Kier molecular flexibility index (Phi) is 3.62. The van der Waals surface area contributed by atoms with Crippen molar-refractivity contribution in [3.63, 3.8) is 0 Å². The molecule has 0 aliphatic rings. The summed E-state index contributed by atoms with van der Waals surface area (Å²) in [5, 5.41) is 11.2. The first-order valence-electron chi connectivity index (χ1n) is 5.75. The summed E-state index contributed by atoms with van der Waals surface area (Å²) < 4.78 is 8.14. The van der Waals surface area contributed by atoms with Gasteiger partial charge in [-0.15, -0.1) is 0 Å². The molecule has 5 nitrogen and oxygen atoms in total. The van der Waals surface area contributed by atoms with Crippen LogP contribution in [0.4, 0.5) is 0 Å². The fraction of sp³-hybridized carbons (Fsp3) is 0. The second kappa shape index (κ2) is 5.56. The molecular formula is C13H9BrN4OS. The largest absolute Gasteiger partial charge is 0.463 e. The molecule has 1 aromatic carbocycles. The lowest BCUT2D eigenvalue weighted by Crippen LogP contribution is -1.94. The molecule has 0 amide bonds. The highest BCUT2D eigenvalue weighted by Crippen LogP contribution is 2.21. The molecule has 0 fully saturated rings. The van der Waals surface area contributed by atoms with Gasteiger partial charge in [-0.05, 0) is 36.5 Å². The van der Waals surface area contributed by atoms with Crippen molar-refractivity contribution in [2.75, 3.05) is 0 Å².